The summed E-state index contributed by atoms with van der Waals surface area (Å²) in [5.74, 6) is 1.10. The number of rotatable bonds is 3. The number of carbonyl (C=O) groups excluding carboxylic acids is 1. The number of benzene rings is 2. The lowest BCUT2D eigenvalue weighted by molar-refractivity contribution is 0.0571. The molecule has 2 unspecified atom stereocenters. The van der Waals surface area contributed by atoms with E-state index in [4.69, 9.17) is 4.74 Å². The highest BCUT2D eigenvalue weighted by atomic mass is 19.1. The van der Waals surface area contributed by atoms with Crippen LogP contribution in [0.5, 0.6) is 5.75 Å². The first-order valence-electron chi connectivity index (χ1n) is 8.88. The van der Waals surface area contributed by atoms with Crippen LogP contribution >= 0.6 is 0 Å². The number of piperidine rings is 1. The molecule has 0 aromatic heterocycles. The van der Waals surface area contributed by atoms with Crippen molar-refractivity contribution in [1.82, 2.24) is 4.90 Å². The van der Waals surface area contributed by atoms with Crippen molar-refractivity contribution in [2.75, 3.05) is 7.11 Å². The Kier molecular flexibility index (Phi) is 4.20. The molecule has 2 bridgehead atoms. The molecule has 2 aliphatic heterocycles. The number of hydrogen-bond donors (Lipinski definition) is 0. The van der Waals surface area contributed by atoms with E-state index < -0.39 is 0 Å². The predicted molar refractivity (Wildman–Crippen MR) is 94.3 cm³/mol. The van der Waals surface area contributed by atoms with E-state index in [-0.39, 0.29) is 23.8 Å². The lowest BCUT2D eigenvalue weighted by Crippen LogP contribution is -2.46. The minimum atomic E-state index is -0.196. The summed E-state index contributed by atoms with van der Waals surface area (Å²) in [6.07, 6.45) is 4.04. The third-order valence-corrected chi connectivity index (χ3v) is 5.65. The Balaban J connectivity index is 1.51. The van der Waals surface area contributed by atoms with Crippen molar-refractivity contribution in [1.29, 1.82) is 0 Å². The van der Waals surface area contributed by atoms with Crippen molar-refractivity contribution in [2.24, 2.45) is 0 Å². The average Bonchev–Trinajstić information content (AvgIpc) is 2.91. The van der Waals surface area contributed by atoms with Gasteiger partial charge in [-0.25, -0.2) is 4.39 Å². The Morgan fingerprint density at radius 2 is 1.60 bits per heavy atom. The molecule has 2 fully saturated rings. The normalized spacial score (nSPS) is 25.0. The number of amides is 1. The molecule has 4 heteroatoms. The van der Waals surface area contributed by atoms with Gasteiger partial charge in [-0.3, -0.25) is 4.79 Å². The quantitative estimate of drug-likeness (QED) is 0.830. The number of methoxy groups -OCH3 is 1. The van der Waals surface area contributed by atoms with Crippen LogP contribution in [0.15, 0.2) is 48.5 Å². The maximum Gasteiger partial charge on any atom is 0.254 e. The topological polar surface area (TPSA) is 29.5 Å². The summed E-state index contributed by atoms with van der Waals surface area (Å²) in [6.45, 7) is 0. The second-order valence-corrected chi connectivity index (χ2v) is 7.05. The van der Waals surface area contributed by atoms with Gasteiger partial charge >= 0.3 is 0 Å². The van der Waals surface area contributed by atoms with E-state index in [1.54, 1.807) is 7.11 Å². The fourth-order valence-electron chi connectivity index (χ4n) is 4.40. The number of halogens is 1. The minimum Gasteiger partial charge on any atom is -0.497 e. The summed E-state index contributed by atoms with van der Waals surface area (Å²) >= 11 is 0. The molecule has 130 valence electrons. The highest BCUT2D eigenvalue weighted by Crippen LogP contribution is 2.43. The van der Waals surface area contributed by atoms with Crippen LogP contribution in [0.4, 0.5) is 4.39 Å². The van der Waals surface area contributed by atoms with Crippen LogP contribution < -0.4 is 4.74 Å². The predicted octanol–water partition coefficient (Wildman–Crippen LogP) is 4.39. The zero-order valence-corrected chi connectivity index (χ0v) is 14.3. The van der Waals surface area contributed by atoms with Gasteiger partial charge in [-0.2, -0.15) is 0 Å². The Morgan fingerprint density at radius 3 is 2.16 bits per heavy atom. The largest absolute Gasteiger partial charge is 0.497 e. The van der Waals surface area contributed by atoms with Gasteiger partial charge in [-0.15, -0.1) is 0 Å². The summed E-state index contributed by atoms with van der Waals surface area (Å²) in [4.78, 5) is 15.1. The molecule has 2 aromatic rings. The molecule has 0 N–H and O–H groups in total. The minimum absolute atomic E-state index is 0.118. The Morgan fingerprint density at radius 1 is 1.00 bits per heavy atom. The van der Waals surface area contributed by atoms with Crippen molar-refractivity contribution in [2.45, 2.75) is 43.7 Å². The summed E-state index contributed by atoms with van der Waals surface area (Å²) in [6, 6.07) is 14.8. The van der Waals surface area contributed by atoms with E-state index in [0.717, 1.165) is 37.0 Å². The van der Waals surface area contributed by atoms with E-state index in [2.05, 4.69) is 4.90 Å². The zero-order valence-electron chi connectivity index (χ0n) is 14.3. The molecule has 2 saturated heterocycles. The molecule has 0 spiro atoms. The van der Waals surface area contributed by atoms with Crippen molar-refractivity contribution < 1.29 is 13.9 Å². The number of nitrogens with zero attached hydrogens (tertiary/aromatic N) is 1. The molecule has 2 atom stereocenters. The lowest BCUT2D eigenvalue weighted by Gasteiger charge is -2.39. The van der Waals surface area contributed by atoms with Gasteiger partial charge in [0.25, 0.3) is 5.91 Å². The van der Waals surface area contributed by atoms with Crippen molar-refractivity contribution in [3.8, 4) is 5.75 Å². The van der Waals surface area contributed by atoms with Crippen LogP contribution in [0, 0.1) is 5.82 Å². The van der Waals surface area contributed by atoms with Crippen LogP contribution in [0.2, 0.25) is 0 Å². The molecule has 0 radical (unpaired) electrons. The third-order valence-electron chi connectivity index (χ3n) is 5.65. The van der Waals surface area contributed by atoms with Crippen molar-refractivity contribution in [3.05, 3.63) is 65.5 Å². The van der Waals surface area contributed by atoms with Gasteiger partial charge < -0.3 is 9.64 Å². The van der Waals surface area contributed by atoms with Crippen LogP contribution in [-0.2, 0) is 0 Å². The monoisotopic (exact) mass is 339 g/mol. The van der Waals surface area contributed by atoms with E-state index in [9.17, 15) is 9.18 Å². The number of hydrogen-bond acceptors (Lipinski definition) is 2. The first-order valence-corrected chi connectivity index (χ1v) is 8.88. The SMILES string of the molecule is COc1ccc(C(=O)N2C3CCC2CC(c2ccc(F)cc2)C3)cc1. The van der Waals surface area contributed by atoms with E-state index in [1.165, 1.54) is 17.7 Å². The first-order chi connectivity index (χ1) is 12.2. The molecule has 0 aliphatic carbocycles. The molecule has 4 rings (SSSR count). The van der Waals surface area contributed by atoms with Gasteiger partial charge in [-0.1, -0.05) is 12.1 Å². The van der Waals surface area contributed by atoms with E-state index >= 15 is 0 Å². The summed E-state index contributed by atoms with van der Waals surface area (Å²) in [5.41, 5.74) is 1.91. The van der Waals surface area contributed by atoms with Gasteiger partial charge in [-0.05, 0) is 73.6 Å². The fourth-order valence-corrected chi connectivity index (χ4v) is 4.40. The van der Waals surface area contributed by atoms with Gasteiger partial charge in [0.1, 0.15) is 11.6 Å². The molecular weight excluding hydrogens is 317 g/mol. The molecule has 25 heavy (non-hydrogen) atoms. The van der Waals surface area contributed by atoms with Gasteiger partial charge in [0.05, 0.1) is 7.11 Å². The second kappa shape index (κ2) is 6.51. The molecule has 3 nitrogen and oxygen atoms in total. The number of carbonyl (C=O) groups is 1. The highest BCUT2D eigenvalue weighted by molar-refractivity contribution is 5.95. The van der Waals surface area contributed by atoms with Crippen LogP contribution in [0.25, 0.3) is 0 Å². The van der Waals surface area contributed by atoms with Gasteiger partial charge in [0.15, 0.2) is 0 Å². The summed E-state index contributed by atoms with van der Waals surface area (Å²) < 4.78 is 18.3. The standard InChI is InChI=1S/C21H22FNO2/c1-25-20-10-4-15(5-11-20)21(24)23-18-8-9-19(23)13-16(12-18)14-2-6-17(22)7-3-14/h2-7,10-11,16,18-19H,8-9,12-13H2,1H3. The highest BCUT2D eigenvalue weighted by Gasteiger charge is 2.43. The van der Waals surface area contributed by atoms with Gasteiger partial charge in [0.2, 0.25) is 0 Å². The number of fused-ring (bicyclic) bond motifs is 2. The smallest absolute Gasteiger partial charge is 0.254 e. The van der Waals surface area contributed by atoms with Crippen LogP contribution in [0.1, 0.15) is 47.5 Å². The van der Waals surface area contributed by atoms with Crippen molar-refractivity contribution in [3.63, 3.8) is 0 Å². The Labute approximate surface area is 147 Å². The molecule has 2 heterocycles. The van der Waals surface area contributed by atoms with Crippen molar-refractivity contribution >= 4 is 5.91 Å². The molecule has 2 aromatic carbocycles. The third kappa shape index (κ3) is 3.01. The first kappa shape index (κ1) is 16.1. The fraction of sp³-hybridized carbons (Fsp3) is 0.381. The average molecular weight is 339 g/mol. The molecule has 1 amide bonds. The maximum absolute atomic E-state index is 13.2. The van der Waals surface area contributed by atoms with E-state index in [0.29, 0.717) is 5.92 Å². The maximum atomic E-state index is 13.2. The van der Waals surface area contributed by atoms with Gasteiger partial charge in [0, 0.05) is 17.6 Å². The Hall–Kier alpha value is -2.36. The second-order valence-electron chi connectivity index (χ2n) is 7.05. The zero-order chi connectivity index (χ0) is 17.4. The van der Waals surface area contributed by atoms with Crippen LogP contribution in [-0.4, -0.2) is 30.0 Å². The molecule has 0 saturated carbocycles. The van der Waals surface area contributed by atoms with E-state index in [1.807, 2.05) is 36.4 Å². The summed E-state index contributed by atoms with van der Waals surface area (Å²) in [7, 11) is 1.62. The lowest BCUT2D eigenvalue weighted by atomic mass is 9.85. The summed E-state index contributed by atoms with van der Waals surface area (Å²) in [5, 5.41) is 0. The Bertz CT molecular complexity index is 742. The molecular formula is C21H22FNO2. The number of ether oxygens (including phenoxy) is 1. The molecule has 2 aliphatic rings. The van der Waals surface area contributed by atoms with Crippen LogP contribution in [0.3, 0.4) is 0 Å².